The maximum absolute atomic E-state index is 11.4. The molecule has 1 heterocycles. The van der Waals surface area contributed by atoms with Gasteiger partial charge in [-0.05, 0) is 35.8 Å². The summed E-state index contributed by atoms with van der Waals surface area (Å²) in [6, 6.07) is 1.86. The number of hydrogen-bond donors (Lipinski definition) is 3. The van der Waals surface area contributed by atoms with Crippen molar-refractivity contribution in [1.29, 1.82) is 0 Å². The number of carbonyl (C=O) groups is 1. The highest BCUT2D eigenvalue weighted by atomic mass is 79.9. The molecule has 1 amide bonds. The number of nitrogens with zero attached hydrogens (tertiary/aromatic N) is 1. The number of amides is 1. The van der Waals surface area contributed by atoms with Gasteiger partial charge >= 0.3 is 0 Å². The molecule has 1 aromatic rings. The van der Waals surface area contributed by atoms with E-state index in [4.69, 9.17) is 5.73 Å². The summed E-state index contributed by atoms with van der Waals surface area (Å²) in [6.45, 7) is 3.98. The molecule has 1 aromatic heterocycles. The summed E-state index contributed by atoms with van der Waals surface area (Å²) < 4.78 is 0.808. The molecule has 0 aromatic carbocycles. The quantitative estimate of drug-likeness (QED) is 0.781. The van der Waals surface area contributed by atoms with Gasteiger partial charge in [0.05, 0.1) is 12.2 Å². The van der Waals surface area contributed by atoms with Gasteiger partial charge in [0, 0.05) is 16.7 Å². The van der Waals surface area contributed by atoms with Crippen LogP contribution in [0.25, 0.3) is 0 Å². The number of nitrogen functional groups attached to an aromatic ring is 1. The highest BCUT2D eigenvalue weighted by Crippen LogP contribution is 2.19. The van der Waals surface area contributed by atoms with Crippen LogP contribution in [-0.4, -0.2) is 23.5 Å². The Hall–Kier alpha value is -1.30. The van der Waals surface area contributed by atoms with Gasteiger partial charge in [-0.2, -0.15) is 0 Å². The minimum absolute atomic E-state index is 0.0841. The summed E-state index contributed by atoms with van der Waals surface area (Å²) in [6.07, 6.45) is 1.62. The van der Waals surface area contributed by atoms with Gasteiger partial charge in [0.1, 0.15) is 5.82 Å². The van der Waals surface area contributed by atoms with E-state index in [0.29, 0.717) is 11.5 Å². The van der Waals surface area contributed by atoms with E-state index >= 15 is 0 Å². The van der Waals surface area contributed by atoms with E-state index in [1.807, 2.05) is 13.8 Å². The van der Waals surface area contributed by atoms with Gasteiger partial charge < -0.3 is 16.4 Å². The first-order valence-electron chi connectivity index (χ1n) is 4.93. The first-order valence-corrected chi connectivity index (χ1v) is 5.72. The topological polar surface area (TPSA) is 80.0 Å². The van der Waals surface area contributed by atoms with Crippen molar-refractivity contribution in [1.82, 2.24) is 10.3 Å². The van der Waals surface area contributed by atoms with Crippen molar-refractivity contribution in [3.05, 3.63) is 16.7 Å². The van der Waals surface area contributed by atoms with E-state index in [1.54, 1.807) is 12.3 Å². The van der Waals surface area contributed by atoms with Crippen molar-refractivity contribution in [2.24, 2.45) is 0 Å². The lowest BCUT2D eigenvalue weighted by molar-refractivity contribution is -0.119. The number of aromatic nitrogens is 1. The number of halogens is 1. The maximum atomic E-state index is 11.4. The Labute approximate surface area is 103 Å². The molecule has 0 saturated carbocycles. The number of hydrogen-bond acceptors (Lipinski definition) is 4. The number of nitrogens with one attached hydrogen (secondary N) is 2. The van der Waals surface area contributed by atoms with Crippen molar-refractivity contribution >= 4 is 33.3 Å². The molecule has 0 radical (unpaired) electrons. The molecule has 1 rings (SSSR count). The molecule has 0 aliphatic heterocycles. The molecule has 0 aliphatic carbocycles. The Morgan fingerprint density at radius 2 is 2.31 bits per heavy atom. The number of pyridine rings is 1. The second-order valence-electron chi connectivity index (χ2n) is 3.67. The van der Waals surface area contributed by atoms with Crippen molar-refractivity contribution in [3.63, 3.8) is 0 Å². The average molecular weight is 287 g/mol. The summed E-state index contributed by atoms with van der Waals surface area (Å²) in [4.78, 5) is 15.4. The second kappa shape index (κ2) is 5.69. The third-order valence-electron chi connectivity index (χ3n) is 1.75. The summed E-state index contributed by atoms with van der Waals surface area (Å²) >= 11 is 3.26. The number of carbonyl (C=O) groups excluding carboxylic acids is 1. The van der Waals surface area contributed by atoms with E-state index in [-0.39, 0.29) is 18.5 Å². The molecular weight excluding hydrogens is 272 g/mol. The van der Waals surface area contributed by atoms with Crippen LogP contribution in [0.5, 0.6) is 0 Å². The Bertz CT molecular complexity index is 381. The standard InChI is InChI=1S/C10H15BrN4O/c1-6(2)15-9(16)5-14-10-8(12)3-7(11)4-13-10/h3-4,6H,5,12H2,1-2H3,(H,13,14)(H,15,16). The molecule has 0 fully saturated rings. The van der Waals surface area contributed by atoms with E-state index in [9.17, 15) is 4.79 Å². The highest BCUT2D eigenvalue weighted by Gasteiger charge is 2.05. The molecule has 5 nitrogen and oxygen atoms in total. The van der Waals surface area contributed by atoms with Crippen LogP contribution in [0.1, 0.15) is 13.8 Å². The van der Waals surface area contributed by atoms with Gasteiger partial charge in [0.2, 0.25) is 5.91 Å². The van der Waals surface area contributed by atoms with Crippen LogP contribution in [0.15, 0.2) is 16.7 Å². The third kappa shape index (κ3) is 4.06. The number of rotatable bonds is 4. The maximum Gasteiger partial charge on any atom is 0.239 e. The molecule has 16 heavy (non-hydrogen) atoms. The van der Waals surface area contributed by atoms with Crippen LogP contribution < -0.4 is 16.4 Å². The largest absolute Gasteiger partial charge is 0.396 e. The van der Waals surface area contributed by atoms with Crippen molar-refractivity contribution in [2.75, 3.05) is 17.6 Å². The monoisotopic (exact) mass is 286 g/mol. The fourth-order valence-corrected chi connectivity index (χ4v) is 1.49. The normalized spacial score (nSPS) is 10.2. The zero-order valence-electron chi connectivity index (χ0n) is 9.25. The Morgan fingerprint density at radius 1 is 1.62 bits per heavy atom. The lowest BCUT2D eigenvalue weighted by Crippen LogP contribution is -2.35. The second-order valence-corrected chi connectivity index (χ2v) is 4.58. The molecule has 88 valence electrons. The van der Waals surface area contributed by atoms with Gasteiger partial charge in [0.25, 0.3) is 0 Å². The number of anilines is 2. The Morgan fingerprint density at radius 3 is 2.88 bits per heavy atom. The summed E-state index contributed by atoms with van der Waals surface area (Å²) in [5.41, 5.74) is 6.23. The van der Waals surface area contributed by atoms with E-state index in [1.165, 1.54) is 0 Å². The zero-order valence-corrected chi connectivity index (χ0v) is 10.8. The predicted octanol–water partition coefficient (Wildman–Crippen LogP) is 1.36. The van der Waals surface area contributed by atoms with Crippen molar-refractivity contribution in [3.8, 4) is 0 Å². The Kier molecular flexibility index (Phi) is 4.54. The van der Waals surface area contributed by atoms with Crippen LogP contribution >= 0.6 is 15.9 Å². The van der Waals surface area contributed by atoms with Crippen LogP contribution in [0.3, 0.4) is 0 Å². The molecule has 4 N–H and O–H groups in total. The zero-order chi connectivity index (χ0) is 12.1. The van der Waals surface area contributed by atoms with Crippen LogP contribution in [0, 0.1) is 0 Å². The van der Waals surface area contributed by atoms with E-state index in [2.05, 4.69) is 31.5 Å². The van der Waals surface area contributed by atoms with Gasteiger partial charge in [0.15, 0.2) is 0 Å². The molecule has 0 aliphatic rings. The van der Waals surface area contributed by atoms with Gasteiger partial charge in [-0.3, -0.25) is 4.79 Å². The van der Waals surface area contributed by atoms with E-state index in [0.717, 1.165) is 4.47 Å². The molecule has 0 atom stereocenters. The van der Waals surface area contributed by atoms with E-state index < -0.39 is 0 Å². The minimum Gasteiger partial charge on any atom is -0.396 e. The van der Waals surface area contributed by atoms with Crippen LogP contribution in [0.2, 0.25) is 0 Å². The fourth-order valence-electron chi connectivity index (χ4n) is 1.14. The SMILES string of the molecule is CC(C)NC(=O)CNc1ncc(Br)cc1N. The van der Waals surface area contributed by atoms with Crippen molar-refractivity contribution < 1.29 is 4.79 Å². The average Bonchev–Trinajstić information content (AvgIpc) is 2.15. The molecule has 0 saturated heterocycles. The minimum atomic E-state index is -0.0841. The van der Waals surface area contributed by atoms with Crippen molar-refractivity contribution in [2.45, 2.75) is 19.9 Å². The summed E-state index contributed by atoms with van der Waals surface area (Å²) in [7, 11) is 0. The first kappa shape index (κ1) is 12.8. The Balaban J connectivity index is 2.51. The predicted molar refractivity (Wildman–Crippen MR) is 68.1 cm³/mol. The van der Waals surface area contributed by atoms with Gasteiger partial charge in [-0.25, -0.2) is 4.98 Å². The van der Waals surface area contributed by atoms with Gasteiger partial charge in [-0.1, -0.05) is 0 Å². The molecule has 0 spiro atoms. The molecule has 0 unspecified atom stereocenters. The molecule has 6 heteroatoms. The summed E-state index contributed by atoms with van der Waals surface area (Å²) in [5.74, 6) is 0.432. The molecule has 0 bridgehead atoms. The van der Waals surface area contributed by atoms with Crippen LogP contribution in [-0.2, 0) is 4.79 Å². The van der Waals surface area contributed by atoms with Crippen LogP contribution in [0.4, 0.5) is 11.5 Å². The first-order chi connectivity index (χ1) is 7.49. The molecular formula is C10H15BrN4O. The fraction of sp³-hybridized carbons (Fsp3) is 0.400. The third-order valence-corrected chi connectivity index (χ3v) is 2.18. The lowest BCUT2D eigenvalue weighted by Gasteiger charge is -2.10. The summed E-state index contributed by atoms with van der Waals surface area (Å²) in [5, 5.41) is 5.64. The highest BCUT2D eigenvalue weighted by molar-refractivity contribution is 9.10. The smallest absolute Gasteiger partial charge is 0.239 e. The van der Waals surface area contributed by atoms with Gasteiger partial charge in [-0.15, -0.1) is 0 Å². The number of nitrogens with two attached hydrogens (primary N) is 1. The lowest BCUT2D eigenvalue weighted by atomic mass is 10.3.